The Balaban J connectivity index is 1.79. The van der Waals surface area contributed by atoms with E-state index in [2.05, 4.69) is 11.8 Å². The molecule has 0 aromatic heterocycles. The van der Waals surface area contributed by atoms with Gasteiger partial charge in [0.2, 0.25) is 0 Å². The maximum absolute atomic E-state index is 13.4. The van der Waals surface area contributed by atoms with Gasteiger partial charge in [0.05, 0.1) is 5.60 Å². The van der Waals surface area contributed by atoms with E-state index >= 15 is 0 Å². The zero-order valence-corrected chi connectivity index (χ0v) is 12.2. The lowest BCUT2D eigenvalue weighted by atomic mass is 9.80. The lowest BCUT2D eigenvalue weighted by Gasteiger charge is -2.44. The van der Waals surface area contributed by atoms with E-state index in [1.165, 1.54) is 25.3 Å². The third-order valence-corrected chi connectivity index (χ3v) is 6.06. The summed E-state index contributed by atoms with van der Waals surface area (Å²) in [6.45, 7) is 2.00. The van der Waals surface area contributed by atoms with Gasteiger partial charge in [0, 0.05) is 16.9 Å². The summed E-state index contributed by atoms with van der Waals surface area (Å²) in [5.74, 6) is -0.199. The molecule has 2 atom stereocenters. The molecule has 0 aliphatic carbocycles. The van der Waals surface area contributed by atoms with Crippen LogP contribution in [0.15, 0.2) is 18.2 Å². The standard InChI is InChI=1S/C16H21FOS/c1-11-5-6-13(17)7-12(11)8-16(18)9-14-3-2-4-15(10-16)19-14/h5-7,14-15,18H,2-4,8-10H2,1H3. The minimum Gasteiger partial charge on any atom is -0.389 e. The van der Waals surface area contributed by atoms with Crippen LogP contribution in [-0.2, 0) is 6.42 Å². The van der Waals surface area contributed by atoms with E-state index in [0.29, 0.717) is 16.9 Å². The van der Waals surface area contributed by atoms with Gasteiger partial charge in [0.1, 0.15) is 5.82 Å². The van der Waals surface area contributed by atoms with Gasteiger partial charge in [0.25, 0.3) is 0 Å². The molecule has 2 bridgehead atoms. The van der Waals surface area contributed by atoms with Crippen LogP contribution in [0.25, 0.3) is 0 Å². The van der Waals surface area contributed by atoms with Gasteiger partial charge < -0.3 is 5.11 Å². The molecule has 2 aliphatic rings. The zero-order chi connectivity index (χ0) is 13.5. The summed E-state index contributed by atoms with van der Waals surface area (Å²) in [7, 11) is 0. The van der Waals surface area contributed by atoms with Crippen molar-refractivity contribution >= 4 is 11.8 Å². The maximum Gasteiger partial charge on any atom is 0.123 e. The Bertz CT molecular complexity index is 462. The molecule has 0 radical (unpaired) electrons. The first-order chi connectivity index (χ1) is 9.04. The van der Waals surface area contributed by atoms with Crippen LogP contribution in [0.3, 0.4) is 0 Å². The number of rotatable bonds is 2. The highest BCUT2D eigenvalue weighted by Gasteiger charge is 2.41. The predicted octanol–water partition coefficient (Wildman–Crippen LogP) is 3.86. The normalized spacial score (nSPS) is 34.3. The van der Waals surface area contributed by atoms with Crippen molar-refractivity contribution in [3.63, 3.8) is 0 Å². The molecule has 3 rings (SSSR count). The topological polar surface area (TPSA) is 20.2 Å². The Labute approximate surface area is 118 Å². The molecular formula is C16H21FOS. The Morgan fingerprint density at radius 1 is 1.32 bits per heavy atom. The molecule has 1 aromatic rings. The molecule has 0 saturated carbocycles. The predicted molar refractivity (Wildman–Crippen MR) is 78.0 cm³/mol. The van der Waals surface area contributed by atoms with Crippen LogP contribution < -0.4 is 0 Å². The third kappa shape index (κ3) is 2.97. The monoisotopic (exact) mass is 280 g/mol. The molecule has 1 nitrogen and oxygen atoms in total. The van der Waals surface area contributed by atoms with Crippen LogP contribution in [0, 0.1) is 12.7 Å². The van der Waals surface area contributed by atoms with Crippen molar-refractivity contribution < 1.29 is 9.50 Å². The molecule has 104 valence electrons. The zero-order valence-electron chi connectivity index (χ0n) is 11.4. The fourth-order valence-electron chi connectivity index (χ4n) is 3.54. The lowest BCUT2D eigenvalue weighted by Crippen LogP contribution is -2.44. The second-order valence-electron chi connectivity index (χ2n) is 6.19. The largest absolute Gasteiger partial charge is 0.389 e. The molecule has 0 amide bonds. The van der Waals surface area contributed by atoms with Gasteiger partial charge in [0.15, 0.2) is 0 Å². The van der Waals surface area contributed by atoms with Crippen molar-refractivity contribution in [2.24, 2.45) is 0 Å². The van der Waals surface area contributed by atoms with Crippen molar-refractivity contribution in [2.45, 2.75) is 61.5 Å². The first-order valence-corrected chi connectivity index (χ1v) is 8.11. The Hall–Kier alpha value is -0.540. The van der Waals surface area contributed by atoms with Gasteiger partial charge in [-0.05, 0) is 55.9 Å². The van der Waals surface area contributed by atoms with E-state index in [1.54, 1.807) is 6.07 Å². The second-order valence-corrected chi connectivity index (χ2v) is 7.80. The van der Waals surface area contributed by atoms with Crippen LogP contribution >= 0.6 is 11.8 Å². The summed E-state index contributed by atoms with van der Waals surface area (Å²) >= 11 is 2.06. The van der Waals surface area contributed by atoms with Crippen LogP contribution in [0.1, 0.15) is 43.2 Å². The van der Waals surface area contributed by atoms with E-state index < -0.39 is 5.60 Å². The average molecular weight is 280 g/mol. The smallest absolute Gasteiger partial charge is 0.123 e. The quantitative estimate of drug-likeness (QED) is 0.888. The number of aryl methyl sites for hydroxylation is 1. The highest BCUT2D eigenvalue weighted by atomic mass is 32.2. The van der Waals surface area contributed by atoms with Gasteiger partial charge in [-0.15, -0.1) is 0 Å². The number of halogens is 1. The highest BCUT2D eigenvalue weighted by Crippen LogP contribution is 2.46. The summed E-state index contributed by atoms with van der Waals surface area (Å²) in [5.41, 5.74) is 1.42. The second kappa shape index (κ2) is 5.10. The SMILES string of the molecule is Cc1ccc(F)cc1CC1(O)CC2CCCC(C1)S2. The molecule has 2 unspecified atom stereocenters. The van der Waals surface area contributed by atoms with Crippen LogP contribution in [0.5, 0.6) is 0 Å². The number of benzene rings is 1. The van der Waals surface area contributed by atoms with Crippen molar-refractivity contribution in [1.82, 2.24) is 0 Å². The first-order valence-electron chi connectivity index (χ1n) is 7.17. The molecule has 3 heteroatoms. The number of hydrogen-bond acceptors (Lipinski definition) is 2. The summed E-state index contributed by atoms with van der Waals surface area (Å²) < 4.78 is 13.4. The molecule has 1 N–H and O–H groups in total. The molecule has 0 spiro atoms. The van der Waals surface area contributed by atoms with E-state index in [-0.39, 0.29) is 5.82 Å². The van der Waals surface area contributed by atoms with Gasteiger partial charge in [-0.25, -0.2) is 4.39 Å². The minimum absolute atomic E-state index is 0.199. The Morgan fingerprint density at radius 3 is 2.68 bits per heavy atom. The van der Waals surface area contributed by atoms with Crippen LogP contribution in [0.4, 0.5) is 4.39 Å². The number of fused-ring (bicyclic) bond motifs is 2. The van der Waals surface area contributed by atoms with Gasteiger partial charge in [-0.3, -0.25) is 0 Å². The Morgan fingerprint density at radius 2 is 2.00 bits per heavy atom. The molecule has 2 fully saturated rings. The van der Waals surface area contributed by atoms with E-state index in [9.17, 15) is 9.50 Å². The number of aliphatic hydroxyl groups is 1. The van der Waals surface area contributed by atoms with Gasteiger partial charge in [-0.2, -0.15) is 11.8 Å². The molecular weight excluding hydrogens is 259 g/mol. The van der Waals surface area contributed by atoms with E-state index in [1.807, 2.05) is 13.0 Å². The lowest BCUT2D eigenvalue weighted by molar-refractivity contribution is 0.0128. The van der Waals surface area contributed by atoms with Crippen molar-refractivity contribution in [2.75, 3.05) is 0 Å². The van der Waals surface area contributed by atoms with Crippen molar-refractivity contribution in [3.05, 3.63) is 35.1 Å². The summed E-state index contributed by atoms with van der Waals surface area (Å²) in [4.78, 5) is 0. The van der Waals surface area contributed by atoms with E-state index in [4.69, 9.17) is 0 Å². The fraction of sp³-hybridized carbons (Fsp3) is 0.625. The van der Waals surface area contributed by atoms with E-state index in [0.717, 1.165) is 24.0 Å². The van der Waals surface area contributed by atoms with Gasteiger partial charge in [-0.1, -0.05) is 12.5 Å². The van der Waals surface area contributed by atoms with Crippen molar-refractivity contribution in [3.8, 4) is 0 Å². The third-order valence-electron chi connectivity index (χ3n) is 4.48. The maximum atomic E-state index is 13.4. The fourth-order valence-corrected chi connectivity index (χ4v) is 5.50. The minimum atomic E-state index is -0.625. The van der Waals surface area contributed by atoms with Crippen LogP contribution in [-0.4, -0.2) is 21.2 Å². The molecule has 2 heterocycles. The van der Waals surface area contributed by atoms with Crippen molar-refractivity contribution in [1.29, 1.82) is 0 Å². The molecule has 19 heavy (non-hydrogen) atoms. The van der Waals surface area contributed by atoms with Gasteiger partial charge >= 0.3 is 0 Å². The summed E-state index contributed by atoms with van der Waals surface area (Å²) in [6.07, 6.45) is 6.09. The number of hydrogen-bond donors (Lipinski definition) is 1. The van der Waals surface area contributed by atoms with Crippen LogP contribution in [0.2, 0.25) is 0 Å². The average Bonchev–Trinajstić information content (AvgIpc) is 2.33. The highest BCUT2D eigenvalue weighted by molar-refractivity contribution is 8.00. The molecule has 2 saturated heterocycles. The Kier molecular flexibility index (Phi) is 3.61. The number of thioether (sulfide) groups is 1. The summed E-state index contributed by atoms with van der Waals surface area (Å²) in [6, 6.07) is 4.89. The molecule has 2 aliphatic heterocycles. The summed E-state index contributed by atoms with van der Waals surface area (Å²) in [5, 5.41) is 12.1. The first kappa shape index (κ1) is 13.4. The molecule has 1 aromatic carbocycles.